The molecule has 2 N–H and O–H groups in total. The number of H-pyrrole nitrogens is 1. The summed E-state index contributed by atoms with van der Waals surface area (Å²) in [5, 5.41) is 10.0. The Morgan fingerprint density at radius 2 is 2.17 bits per heavy atom. The lowest BCUT2D eigenvalue weighted by Crippen LogP contribution is -2.46. The van der Waals surface area contributed by atoms with Crippen LogP contribution >= 0.6 is 11.6 Å². The monoisotopic (exact) mass is 330 g/mol. The highest BCUT2D eigenvalue weighted by atomic mass is 35.5. The molecule has 1 aromatic carbocycles. The number of aromatic nitrogens is 2. The van der Waals surface area contributed by atoms with Gasteiger partial charge in [0.25, 0.3) is 0 Å². The van der Waals surface area contributed by atoms with Gasteiger partial charge < -0.3 is 10.2 Å². The Labute approximate surface area is 137 Å². The van der Waals surface area contributed by atoms with Gasteiger partial charge in [-0.3, -0.25) is 14.7 Å². The third kappa shape index (κ3) is 1.72. The summed E-state index contributed by atoms with van der Waals surface area (Å²) in [5.74, 6) is 0.165. The maximum Gasteiger partial charge on any atom is 0.242 e. The minimum absolute atomic E-state index is 0.0614. The van der Waals surface area contributed by atoms with Crippen molar-refractivity contribution in [2.45, 2.75) is 25.2 Å². The average molecular weight is 331 g/mol. The van der Waals surface area contributed by atoms with E-state index in [4.69, 9.17) is 11.6 Å². The standard InChI is InChI=1S/C16H15ClN4O2/c1-2-6-21-13-9(4-3-5-11(13)17)16(15(21)23)7-12(22)19-14-10(16)8-18-20-14/h3-5,8H,2,6-7H2,1H3,(H2,18,19,20,22)/t16-/m1/s1. The van der Waals surface area contributed by atoms with E-state index in [0.717, 1.165) is 12.0 Å². The van der Waals surface area contributed by atoms with Crippen LogP contribution in [0.5, 0.6) is 0 Å². The molecule has 1 aromatic heterocycles. The van der Waals surface area contributed by atoms with E-state index in [1.54, 1.807) is 17.2 Å². The average Bonchev–Trinajstić information content (AvgIpc) is 3.07. The van der Waals surface area contributed by atoms with Gasteiger partial charge in [-0.15, -0.1) is 0 Å². The maximum atomic E-state index is 13.3. The number of aromatic amines is 1. The Bertz CT molecular complexity index is 831. The highest BCUT2D eigenvalue weighted by Gasteiger charge is 2.57. The molecule has 23 heavy (non-hydrogen) atoms. The lowest BCUT2D eigenvalue weighted by Gasteiger charge is -2.31. The van der Waals surface area contributed by atoms with E-state index in [1.807, 2.05) is 19.1 Å². The molecule has 1 atom stereocenters. The number of anilines is 2. The fourth-order valence-electron chi connectivity index (χ4n) is 3.67. The number of fused-ring (bicyclic) bond motifs is 4. The lowest BCUT2D eigenvalue weighted by atomic mass is 9.72. The first-order valence-corrected chi connectivity index (χ1v) is 7.92. The van der Waals surface area contributed by atoms with Crippen molar-refractivity contribution in [1.82, 2.24) is 10.2 Å². The molecule has 0 bridgehead atoms. The summed E-state index contributed by atoms with van der Waals surface area (Å²) in [6.45, 7) is 2.57. The van der Waals surface area contributed by atoms with Gasteiger partial charge in [0.2, 0.25) is 11.8 Å². The Morgan fingerprint density at radius 1 is 1.35 bits per heavy atom. The summed E-state index contributed by atoms with van der Waals surface area (Å²) in [7, 11) is 0. The van der Waals surface area contributed by atoms with Gasteiger partial charge in [0.15, 0.2) is 0 Å². The van der Waals surface area contributed by atoms with E-state index in [9.17, 15) is 9.59 Å². The zero-order chi connectivity index (χ0) is 16.2. The summed E-state index contributed by atoms with van der Waals surface area (Å²) < 4.78 is 0. The molecule has 4 rings (SSSR count). The summed E-state index contributed by atoms with van der Waals surface area (Å²) in [4.78, 5) is 27.3. The van der Waals surface area contributed by atoms with E-state index in [-0.39, 0.29) is 18.2 Å². The second-order valence-corrected chi connectivity index (χ2v) is 6.29. The van der Waals surface area contributed by atoms with Crippen molar-refractivity contribution in [3.63, 3.8) is 0 Å². The first-order chi connectivity index (χ1) is 11.1. The molecule has 0 saturated heterocycles. The molecule has 0 fully saturated rings. The van der Waals surface area contributed by atoms with Gasteiger partial charge in [0, 0.05) is 18.5 Å². The topological polar surface area (TPSA) is 78.1 Å². The quantitative estimate of drug-likeness (QED) is 0.887. The highest BCUT2D eigenvalue weighted by Crippen LogP contribution is 2.53. The molecule has 0 radical (unpaired) electrons. The van der Waals surface area contributed by atoms with Gasteiger partial charge in [-0.25, -0.2) is 0 Å². The highest BCUT2D eigenvalue weighted by molar-refractivity contribution is 6.35. The van der Waals surface area contributed by atoms with Crippen LogP contribution in [-0.4, -0.2) is 28.6 Å². The molecular weight excluding hydrogens is 316 g/mol. The molecular formula is C16H15ClN4O2. The number of benzene rings is 1. The molecule has 2 aromatic rings. The van der Waals surface area contributed by atoms with Gasteiger partial charge in [-0.05, 0) is 18.1 Å². The van der Waals surface area contributed by atoms with Gasteiger partial charge in [-0.1, -0.05) is 30.7 Å². The number of carbonyl (C=O) groups is 2. The van der Waals surface area contributed by atoms with Crippen LogP contribution < -0.4 is 10.2 Å². The van der Waals surface area contributed by atoms with Crippen molar-refractivity contribution in [1.29, 1.82) is 0 Å². The molecule has 7 heteroatoms. The largest absolute Gasteiger partial charge is 0.311 e. The molecule has 3 heterocycles. The van der Waals surface area contributed by atoms with Crippen molar-refractivity contribution in [2.75, 3.05) is 16.8 Å². The molecule has 2 aliphatic rings. The first kappa shape index (κ1) is 14.3. The number of carbonyl (C=O) groups excluding carboxylic acids is 2. The number of nitrogens with one attached hydrogen (secondary N) is 2. The lowest BCUT2D eigenvalue weighted by molar-refractivity contribution is -0.126. The molecule has 1 spiro atoms. The molecule has 0 unspecified atom stereocenters. The number of halogens is 1. The van der Waals surface area contributed by atoms with Crippen LogP contribution in [0.4, 0.5) is 11.5 Å². The van der Waals surface area contributed by atoms with E-state index in [0.29, 0.717) is 28.6 Å². The second-order valence-electron chi connectivity index (χ2n) is 5.88. The molecule has 0 aliphatic carbocycles. The molecule has 118 valence electrons. The van der Waals surface area contributed by atoms with Crippen LogP contribution in [0.2, 0.25) is 5.02 Å². The van der Waals surface area contributed by atoms with E-state index < -0.39 is 5.41 Å². The number of hydrogen-bond acceptors (Lipinski definition) is 3. The first-order valence-electron chi connectivity index (χ1n) is 7.54. The Kier molecular flexibility index (Phi) is 2.99. The third-order valence-electron chi connectivity index (χ3n) is 4.56. The summed E-state index contributed by atoms with van der Waals surface area (Å²) in [6.07, 6.45) is 2.48. The van der Waals surface area contributed by atoms with Crippen LogP contribution in [0, 0.1) is 0 Å². The van der Waals surface area contributed by atoms with Gasteiger partial charge in [0.05, 0.1) is 16.9 Å². The van der Waals surface area contributed by atoms with E-state index in [2.05, 4.69) is 15.5 Å². The number of nitrogens with zero attached hydrogens (tertiary/aromatic N) is 2. The van der Waals surface area contributed by atoms with Crippen LogP contribution in [0.3, 0.4) is 0 Å². The molecule has 6 nitrogen and oxygen atoms in total. The van der Waals surface area contributed by atoms with Gasteiger partial charge in [0.1, 0.15) is 11.2 Å². The smallest absolute Gasteiger partial charge is 0.242 e. The van der Waals surface area contributed by atoms with Crippen LogP contribution in [0.15, 0.2) is 24.4 Å². The predicted molar refractivity (Wildman–Crippen MR) is 86.7 cm³/mol. The number of para-hydroxylation sites is 1. The summed E-state index contributed by atoms with van der Waals surface area (Å²) in [6, 6.07) is 5.47. The number of amides is 2. The fraction of sp³-hybridized carbons (Fsp3) is 0.312. The van der Waals surface area contributed by atoms with E-state index >= 15 is 0 Å². The Hall–Kier alpha value is -2.34. The maximum absolute atomic E-state index is 13.3. The Morgan fingerprint density at radius 3 is 2.96 bits per heavy atom. The Balaban J connectivity index is 2.03. The third-order valence-corrected chi connectivity index (χ3v) is 4.87. The van der Waals surface area contributed by atoms with Crippen molar-refractivity contribution in [2.24, 2.45) is 0 Å². The van der Waals surface area contributed by atoms with Crippen molar-refractivity contribution < 1.29 is 9.59 Å². The fourth-order valence-corrected chi connectivity index (χ4v) is 3.95. The second kappa shape index (κ2) is 4.83. The minimum Gasteiger partial charge on any atom is -0.311 e. The number of hydrogen-bond donors (Lipinski definition) is 2. The van der Waals surface area contributed by atoms with Crippen molar-refractivity contribution >= 4 is 34.9 Å². The summed E-state index contributed by atoms with van der Waals surface area (Å²) >= 11 is 6.39. The SMILES string of the molecule is CCCN1C(=O)[C@]2(CC(=O)Nc3[nH]ncc32)c2cccc(Cl)c21. The van der Waals surface area contributed by atoms with Crippen LogP contribution in [0.25, 0.3) is 0 Å². The van der Waals surface area contributed by atoms with Gasteiger partial charge >= 0.3 is 0 Å². The number of rotatable bonds is 2. The van der Waals surface area contributed by atoms with Crippen LogP contribution in [0.1, 0.15) is 30.9 Å². The predicted octanol–water partition coefficient (Wildman–Crippen LogP) is 2.45. The van der Waals surface area contributed by atoms with Crippen molar-refractivity contribution in [3.05, 3.63) is 40.5 Å². The zero-order valence-electron chi connectivity index (χ0n) is 12.5. The van der Waals surface area contributed by atoms with Gasteiger partial charge in [-0.2, -0.15) is 5.10 Å². The van der Waals surface area contributed by atoms with Crippen LogP contribution in [-0.2, 0) is 15.0 Å². The minimum atomic E-state index is -1.04. The zero-order valence-corrected chi connectivity index (χ0v) is 13.3. The molecule has 0 saturated carbocycles. The van der Waals surface area contributed by atoms with Crippen molar-refractivity contribution in [3.8, 4) is 0 Å². The van der Waals surface area contributed by atoms with E-state index in [1.165, 1.54) is 0 Å². The normalized spacial score (nSPS) is 22.3. The molecule has 2 aliphatic heterocycles. The molecule has 2 amide bonds. The summed E-state index contributed by atoms with van der Waals surface area (Å²) in [5.41, 5.74) is 1.15.